The van der Waals surface area contributed by atoms with Gasteiger partial charge in [-0.15, -0.1) is 0 Å². The number of rotatable bonds is 10. The first-order valence-electron chi connectivity index (χ1n) is 7.12. The number of carbonyl (C=O) groups is 3. The third kappa shape index (κ3) is 6.40. The predicted octanol–water partition coefficient (Wildman–Crippen LogP) is -0.449. The van der Waals surface area contributed by atoms with Crippen molar-refractivity contribution in [1.82, 2.24) is 5.32 Å². The molecule has 0 aromatic heterocycles. The molecule has 0 aromatic rings. The highest BCUT2D eigenvalue weighted by Crippen LogP contribution is 2.20. The van der Waals surface area contributed by atoms with Crippen molar-refractivity contribution >= 4 is 17.9 Å². The summed E-state index contributed by atoms with van der Waals surface area (Å²) in [6, 6.07) is 0. The number of methoxy groups -OCH3 is 3. The van der Waals surface area contributed by atoms with Crippen molar-refractivity contribution in [2.75, 3.05) is 28.4 Å². The van der Waals surface area contributed by atoms with Gasteiger partial charge in [0.1, 0.15) is 0 Å². The average molecular weight is 351 g/mol. The van der Waals surface area contributed by atoms with E-state index >= 15 is 0 Å². The topological polar surface area (TPSA) is 119 Å². The van der Waals surface area contributed by atoms with Gasteiger partial charge in [0.2, 0.25) is 0 Å². The normalized spacial score (nSPS) is 17.1. The second kappa shape index (κ2) is 10.2. The van der Waals surface area contributed by atoms with Crippen LogP contribution in [0.25, 0.3) is 0 Å². The molecule has 24 heavy (non-hydrogen) atoms. The molecule has 3 atom stereocenters. The quantitative estimate of drug-likeness (QED) is 0.315. The molecule has 140 valence electrons. The van der Waals surface area contributed by atoms with E-state index in [-0.39, 0.29) is 0 Å². The van der Waals surface area contributed by atoms with Gasteiger partial charge in [-0.05, 0) is 27.8 Å². The monoisotopic (exact) mass is 351 g/mol. The maximum absolute atomic E-state index is 11.6. The Bertz CT molecular complexity index is 380. The van der Waals surface area contributed by atoms with Crippen LogP contribution in [0.15, 0.2) is 0 Å². The van der Waals surface area contributed by atoms with E-state index in [9.17, 15) is 14.4 Å². The van der Waals surface area contributed by atoms with Crippen LogP contribution in [0.4, 0.5) is 0 Å². The minimum absolute atomic E-state index is 0.710. The Morgan fingerprint density at radius 3 is 1.12 bits per heavy atom. The number of hydrogen-bond acceptors (Lipinski definition) is 10. The molecule has 0 aromatic carbocycles. The van der Waals surface area contributed by atoms with Crippen LogP contribution >= 0.6 is 0 Å². The number of hydrogen-bond donors (Lipinski definition) is 1. The lowest BCUT2D eigenvalue weighted by atomic mass is 10.4. The maximum Gasteiger partial charge on any atom is 0.353 e. The van der Waals surface area contributed by atoms with Gasteiger partial charge in [0, 0.05) is 0 Å². The summed E-state index contributed by atoms with van der Waals surface area (Å²) in [5, 5.41) is 2.56. The molecule has 0 saturated carbocycles. The summed E-state index contributed by atoms with van der Waals surface area (Å²) >= 11 is 0. The van der Waals surface area contributed by atoms with Crippen molar-refractivity contribution in [3.05, 3.63) is 0 Å². The zero-order chi connectivity index (χ0) is 18.9. The molecule has 0 spiro atoms. The molecule has 10 nitrogen and oxygen atoms in total. The Hall–Kier alpha value is -1.75. The summed E-state index contributed by atoms with van der Waals surface area (Å²) in [5.41, 5.74) is 0. The second-order valence-corrected chi connectivity index (χ2v) is 4.66. The SMILES string of the molecule is CNC(OC(C)C(=O)OC)(OC(C)C(=O)OC)OC(C)C(=O)OC. The molecule has 0 aliphatic heterocycles. The van der Waals surface area contributed by atoms with E-state index < -0.39 is 42.3 Å². The third-order valence-corrected chi connectivity index (χ3v) is 2.90. The van der Waals surface area contributed by atoms with Crippen molar-refractivity contribution in [2.45, 2.75) is 45.2 Å². The summed E-state index contributed by atoms with van der Waals surface area (Å²) < 4.78 is 30.0. The Labute approximate surface area is 140 Å². The van der Waals surface area contributed by atoms with Crippen molar-refractivity contribution in [3.63, 3.8) is 0 Å². The van der Waals surface area contributed by atoms with Gasteiger partial charge in [0.05, 0.1) is 21.3 Å². The first kappa shape index (κ1) is 22.2. The summed E-state index contributed by atoms with van der Waals surface area (Å²) in [6.07, 6.45) is -5.49. The molecule has 0 saturated heterocycles. The van der Waals surface area contributed by atoms with Crippen molar-refractivity contribution in [2.24, 2.45) is 0 Å². The number of nitrogens with one attached hydrogen (secondary N) is 1. The molecule has 3 unspecified atom stereocenters. The van der Waals surface area contributed by atoms with E-state index in [1.807, 2.05) is 0 Å². The fourth-order valence-corrected chi connectivity index (χ4v) is 1.60. The van der Waals surface area contributed by atoms with E-state index in [1.54, 1.807) is 0 Å². The highest BCUT2D eigenvalue weighted by atomic mass is 16.9. The lowest BCUT2D eigenvalue weighted by Gasteiger charge is -2.36. The van der Waals surface area contributed by atoms with Crippen LogP contribution in [0.1, 0.15) is 20.8 Å². The van der Waals surface area contributed by atoms with E-state index in [4.69, 9.17) is 14.2 Å². The lowest BCUT2D eigenvalue weighted by molar-refractivity contribution is -0.418. The van der Waals surface area contributed by atoms with E-state index in [0.29, 0.717) is 0 Å². The average Bonchev–Trinajstić information content (AvgIpc) is 2.58. The van der Waals surface area contributed by atoms with Crippen LogP contribution in [0.5, 0.6) is 0 Å². The van der Waals surface area contributed by atoms with Gasteiger partial charge in [-0.25, -0.2) is 19.7 Å². The van der Waals surface area contributed by atoms with E-state index in [1.165, 1.54) is 49.1 Å². The van der Waals surface area contributed by atoms with Crippen LogP contribution in [0.3, 0.4) is 0 Å². The first-order valence-corrected chi connectivity index (χ1v) is 7.12. The highest BCUT2D eigenvalue weighted by molar-refractivity contribution is 5.75. The lowest BCUT2D eigenvalue weighted by Crippen LogP contribution is -2.58. The summed E-state index contributed by atoms with van der Waals surface area (Å²) in [5.74, 6) is -2.13. The van der Waals surface area contributed by atoms with Crippen LogP contribution in [0, 0.1) is 0 Å². The van der Waals surface area contributed by atoms with Crippen LogP contribution in [-0.4, -0.2) is 70.7 Å². The van der Waals surface area contributed by atoms with Crippen LogP contribution < -0.4 is 5.32 Å². The molecule has 0 aliphatic rings. The van der Waals surface area contributed by atoms with Gasteiger partial charge >= 0.3 is 24.0 Å². The van der Waals surface area contributed by atoms with Crippen LogP contribution in [0.2, 0.25) is 0 Å². The van der Waals surface area contributed by atoms with Gasteiger partial charge in [0.25, 0.3) is 0 Å². The van der Waals surface area contributed by atoms with Gasteiger partial charge in [0.15, 0.2) is 18.3 Å². The molecule has 1 N–H and O–H groups in total. The molecular formula is C14H25NO9. The fraction of sp³-hybridized carbons (Fsp3) is 0.786. The van der Waals surface area contributed by atoms with E-state index in [2.05, 4.69) is 19.5 Å². The highest BCUT2D eigenvalue weighted by Gasteiger charge is 2.42. The molecule has 0 heterocycles. The third-order valence-electron chi connectivity index (χ3n) is 2.90. The summed E-state index contributed by atoms with van der Waals surface area (Å²) in [4.78, 5) is 34.8. The Morgan fingerprint density at radius 1 is 0.708 bits per heavy atom. The molecule has 0 rings (SSSR count). The number of ether oxygens (including phenoxy) is 6. The van der Waals surface area contributed by atoms with E-state index in [0.717, 1.165) is 0 Å². The fourth-order valence-electron chi connectivity index (χ4n) is 1.60. The number of carbonyl (C=O) groups excluding carboxylic acids is 3. The molecule has 0 fully saturated rings. The number of esters is 3. The first-order chi connectivity index (χ1) is 11.2. The molecule has 0 aliphatic carbocycles. The van der Waals surface area contributed by atoms with Crippen molar-refractivity contribution in [3.8, 4) is 0 Å². The minimum Gasteiger partial charge on any atom is -0.467 e. The Morgan fingerprint density at radius 2 is 0.958 bits per heavy atom. The Kier molecular flexibility index (Phi) is 9.44. The van der Waals surface area contributed by atoms with Crippen LogP contribution in [-0.2, 0) is 42.8 Å². The van der Waals surface area contributed by atoms with Crippen molar-refractivity contribution in [1.29, 1.82) is 0 Å². The van der Waals surface area contributed by atoms with Gasteiger partial charge < -0.3 is 14.2 Å². The Balaban J connectivity index is 5.45. The molecule has 0 radical (unpaired) electrons. The largest absolute Gasteiger partial charge is 0.467 e. The standard InChI is InChI=1S/C14H25NO9/c1-8(11(16)19-5)22-14(15-4,23-9(2)12(17)20-6)24-10(3)13(18)21-7/h8-10,15H,1-7H3. The zero-order valence-corrected chi connectivity index (χ0v) is 14.9. The smallest absolute Gasteiger partial charge is 0.353 e. The summed E-state index contributed by atoms with van der Waals surface area (Å²) in [7, 11) is 4.93. The molecule has 0 bridgehead atoms. The van der Waals surface area contributed by atoms with Gasteiger partial charge in [-0.2, -0.15) is 0 Å². The summed E-state index contributed by atoms with van der Waals surface area (Å²) in [6.45, 7) is 4.16. The minimum atomic E-state index is -2.10. The second-order valence-electron chi connectivity index (χ2n) is 4.66. The van der Waals surface area contributed by atoms with Gasteiger partial charge in [-0.3, -0.25) is 14.2 Å². The molecule has 10 heteroatoms. The van der Waals surface area contributed by atoms with Gasteiger partial charge in [-0.1, -0.05) is 0 Å². The molecular weight excluding hydrogens is 326 g/mol. The van der Waals surface area contributed by atoms with Crippen molar-refractivity contribution < 1.29 is 42.8 Å². The maximum atomic E-state index is 11.6. The molecule has 0 amide bonds. The predicted molar refractivity (Wildman–Crippen MR) is 79.5 cm³/mol. The zero-order valence-electron chi connectivity index (χ0n) is 14.9.